The van der Waals surface area contributed by atoms with Crippen molar-refractivity contribution < 1.29 is 4.74 Å². The van der Waals surface area contributed by atoms with Gasteiger partial charge in [0.25, 0.3) is 0 Å². The lowest BCUT2D eigenvalue weighted by Gasteiger charge is -2.39. The molecule has 0 atom stereocenters. The van der Waals surface area contributed by atoms with Crippen LogP contribution in [0.25, 0.3) is 44.5 Å². The highest BCUT2D eigenvalue weighted by molar-refractivity contribution is 5.90. The maximum atomic E-state index is 6.77. The third-order valence-corrected chi connectivity index (χ3v) is 13.3. The Labute approximate surface area is 351 Å². The van der Waals surface area contributed by atoms with Gasteiger partial charge < -0.3 is 9.64 Å². The summed E-state index contributed by atoms with van der Waals surface area (Å²) in [6.07, 6.45) is 0. The van der Waals surface area contributed by atoms with Gasteiger partial charge in [0.05, 0.1) is 5.41 Å². The maximum Gasteiger partial charge on any atom is 0.132 e. The van der Waals surface area contributed by atoms with Gasteiger partial charge in [-0.1, -0.05) is 172 Å². The molecule has 60 heavy (non-hydrogen) atoms. The fourth-order valence-electron chi connectivity index (χ4n) is 10.6. The zero-order valence-corrected chi connectivity index (χ0v) is 33.6. The zero-order chi connectivity index (χ0) is 40.0. The summed E-state index contributed by atoms with van der Waals surface area (Å²) in [4.78, 5) is 2.42. The number of para-hydroxylation sites is 1. The Morgan fingerprint density at radius 1 is 0.317 bits per heavy atom. The van der Waals surface area contributed by atoms with Crippen LogP contribution >= 0.6 is 0 Å². The molecule has 0 N–H and O–H groups in total. The second-order valence-electron chi connectivity index (χ2n) is 16.8. The smallest absolute Gasteiger partial charge is 0.132 e. The van der Waals surface area contributed by atoms with E-state index in [1.54, 1.807) is 0 Å². The van der Waals surface area contributed by atoms with Crippen LogP contribution in [0.3, 0.4) is 0 Å². The van der Waals surface area contributed by atoms with Gasteiger partial charge in [-0.05, 0) is 121 Å². The van der Waals surface area contributed by atoms with Crippen molar-refractivity contribution in [1.82, 2.24) is 0 Å². The molecule has 1 aliphatic heterocycles. The van der Waals surface area contributed by atoms with E-state index in [-0.39, 0.29) is 5.41 Å². The van der Waals surface area contributed by atoms with E-state index in [4.69, 9.17) is 4.74 Å². The summed E-state index contributed by atoms with van der Waals surface area (Å²) in [6, 6.07) is 77.8. The highest BCUT2D eigenvalue weighted by atomic mass is 16.5. The van der Waals surface area contributed by atoms with E-state index < -0.39 is 5.41 Å². The second-order valence-corrected chi connectivity index (χ2v) is 16.8. The van der Waals surface area contributed by atoms with Crippen LogP contribution in [-0.4, -0.2) is 0 Å². The minimum atomic E-state index is -0.522. The summed E-state index contributed by atoms with van der Waals surface area (Å²) in [7, 11) is 0. The highest BCUT2D eigenvalue weighted by Crippen LogP contribution is 2.62. The molecule has 3 aliphatic rings. The third-order valence-electron chi connectivity index (χ3n) is 13.3. The molecule has 0 bridgehead atoms. The molecule has 2 aliphatic carbocycles. The largest absolute Gasteiger partial charge is 0.457 e. The predicted octanol–water partition coefficient (Wildman–Crippen LogP) is 15.3. The minimum Gasteiger partial charge on any atom is -0.457 e. The normalized spacial score (nSPS) is 14.2. The monoisotopic (exact) mass is 767 g/mol. The van der Waals surface area contributed by atoms with Crippen molar-refractivity contribution >= 4 is 17.1 Å². The van der Waals surface area contributed by atoms with Crippen LogP contribution in [0.5, 0.6) is 11.5 Å². The van der Waals surface area contributed by atoms with Gasteiger partial charge in [0.15, 0.2) is 0 Å². The van der Waals surface area contributed by atoms with Crippen molar-refractivity contribution in [3.63, 3.8) is 0 Å². The van der Waals surface area contributed by atoms with Crippen LogP contribution in [0.2, 0.25) is 0 Å². The topological polar surface area (TPSA) is 12.5 Å². The highest BCUT2D eigenvalue weighted by Gasteiger charge is 2.51. The molecule has 9 aromatic rings. The number of benzene rings is 9. The van der Waals surface area contributed by atoms with E-state index in [2.05, 4.69) is 231 Å². The molecule has 1 spiro atoms. The quantitative estimate of drug-likeness (QED) is 0.173. The third kappa shape index (κ3) is 4.94. The Kier molecular flexibility index (Phi) is 7.52. The molecule has 2 nitrogen and oxygen atoms in total. The molecule has 0 saturated carbocycles. The lowest BCUT2D eigenvalue weighted by molar-refractivity contribution is 0.436. The van der Waals surface area contributed by atoms with E-state index >= 15 is 0 Å². The summed E-state index contributed by atoms with van der Waals surface area (Å²) in [5, 5.41) is 0. The van der Waals surface area contributed by atoms with Gasteiger partial charge in [0, 0.05) is 33.6 Å². The van der Waals surface area contributed by atoms with E-state index in [9.17, 15) is 0 Å². The molecule has 0 saturated heterocycles. The lowest BCUT2D eigenvalue weighted by Crippen LogP contribution is -2.32. The van der Waals surface area contributed by atoms with Crippen LogP contribution in [-0.2, 0) is 10.8 Å². The fraction of sp³-hybridized carbons (Fsp3) is 0.0690. The Hall–Kier alpha value is -7.42. The van der Waals surface area contributed by atoms with Crippen molar-refractivity contribution in [2.24, 2.45) is 0 Å². The van der Waals surface area contributed by atoms with Crippen LogP contribution in [0.15, 0.2) is 212 Å². The molecule has 0 unspecified atom stereocenters. The first-order chi connectivity index (χ1) is 29.5. The van der Waals surface area contributed by atoms with E-state index in [1.165, 1.54) is 61.2 Å². The van der Waals surface area contributed by atoms with Crippen molar-refractivity contribution in [2.45, 2.75) is 24.7 Å². The summed E-state index contributed by atoms with van der Waals surface area (Å²) < 4.78 is 6.77. The Morgan fingerprint density at radius 2 is 0.817 bits per heavy atom. The SMILES string of the molecule is CC1(C)c2ccccc2-c2ccc(N(c3ccc(-c4ccccc4)cc3)c3cccc(-c4ccc5c(c4)C4(c6ccccc6O5)c5ccccc5-c5ccccc54)c3)cc21. The molecule has 2 heteroatoms. The molecule has 1 heterocycles. The number of anilines is 3. The van der Waals surface area contributed by atoms with Gasteiger partial charge in [-0.2, -0.15) is 0 Å². The average molecular weight is 768 g/mol. The summed E-state index contributed by atoms with van der Waals surface area (Å²) in [5.41, 5.74) is 20.2. The van der Waals surface area contributed by atoms with Crippen LogP contribution < -0.4 is 9.64 Å². The van der Waals surface area contributed by atoms with E-state index in [0.29, 0.717) is 0 Å². The van der Waals surface area contributed by atoms with Gasteiger partial charge >= 0.3 is 0 Å². The van der Waals surface area contributed by atoms with Gasteiger partial charge in [0.1, 0.15) is 11.5 Å². The summed E-state index contributed by atoms with van der Waals surface area (Å²) in [6.45, 7) is 4.71. The number of nitrogens with zero attached hydrogens (tertiary/aromatic N) is 1. The van der Waals surface area contributed by atoms with Gasteiger partial charge in [-0.3, -0.25) is 0 Å². The standard InChI is InChI=1S/C58H41NO/c1-57(2)49-22-9-6-19-45(49)48-33-32-44(37-53(48)57)59(42-30-27-39(28-31-42)38-15-4-3-5-16-38)43-18-14-17-40(35-43)41-29-34-56-54(36-41)58(52-25-12-13-26-55(52)60-56)50-23-10-7-20-46(50)47-21-8-11-24-51(47)58/h3-37H,1-2H3. The molecule has 0 radical (unpaired) electrons. The summed E-state index contributed by atoms with van der Waals surface area (Å²) >= 11 is 0. The number of fused-ring (bicyclic) bond motifs is 12. The molecule has 0 fully saturated rings. The number of hydrogen-bond donors (Lipinski definition) is 0. The zero-order valence-electron chi connectivity index (χ0n) is 33.6. The molecule has 9 aromatic carbocycles. The van der Waals surface area contributed by atoms with Gasteiger partial charge in [-0.25, -0.2) is 0 Å². The van der Waals surface area contributed by atoms with Gasteiger partial charge in [-0.15, -0.1) is 0 Å². The number of hydrogen-bond acceptors (Lipinski definition) is 2. The number of rotatable bonds is 5. The van der Waals surface area contributed by atoms with Crippen LogP contribution in [0.1, 0.15) is 47.2 Å². The lowest BCUT2D eigenvalue weighted by atomic mass is 9.66. The molecule has 12 rings (SSSR count). The number of ether oxygens (including phenoxy) is 1. The Morgan fingerprint density at radius 3 is 1.55 bits per heavy atom. The second kappa shape index (κ2) is 13.0. The molecule has 0 aromatic heterocycles. The van der Waals surface area contributed by atoms with Crippen LogP contribution in [0, 0.1) is 0 Å². The molecular formula is C58H41NO. The van der Waals surface area contributed by atoms with Gasteiger partial charge in [0.2, 0.25) is 0 Å². The maximum absolute atomic E-state index is 6.77. The van der Waals surface area contributed by atoms with Crippen molar-refractivity contribution in [1.29, 1.82) is 0 Å². The van der Waals surface area contributed by atoms with Crippen LogP contribution in [0.4, 0.5) is 17.1 Å². The molecule has 0 amide bonds. The molecule has 284 valence electrons. The summed E-state index contributed by atoms with van der Waals surface area (Å²) in [5.74, 6) is 1.79. The molecular weight excluding hydrogens is 727 g/mol. The first kappa shape index (κ1) is 34.6. The van der Waals surface area contributed by atoms with E-state index in [0.717, 1.165) is 45.3 Å². The van der Waals surface area contributed by atoms with Crippen molar-refractivity contribution in [3.05, 3.63) is 246 Å². The van der Waals surface area contributed by atoms with E-state index in [1.807, 2.05) is 0 Å². The first-order valence-corrected chi connectivity index (χ1v) is 20.9. The van der Waals surface area contributed by atoms with Crippen molar-refractivity contribution in [3.8, 4) is 56.0 Å². The first-order valence-electron chi connectivity index (χ1n) is 20.9. The predicted molar refractivity (Wildman–Crippen MR) is 247 cm³/mol. The minimum absolute atomic E-state index is 0.121. The Balaban J connectivity index is 1.02. The Bertz CT molecular complexity index is 3110. The fourth-order valence-corrected chi connectivity index (χ4v) is 10.6. The van der Waals surface area contributed by atoms with Crippen molar-refractivity contribution in [2.75, 3.05) is 4.90 Å². The average Bonchev–Trinajstić information content (AvgIpc) is 3.72.